The SMILES string of the molecule is COC(=O)CNC(=O)c1ncc(C2=CCN(C(=O)Cc3ccc(Cl)cc3)CC2)cc1OCc1ccccc1. The number of hydrogen-bond donors (Lipinski definition) is 1. The summed E-state index contributed by atoms with van der Waals surface area (Å²) in [6, 6.07) is 18.6. The first-order chi connectivity index (χ1) is 18.4. The molecule has 2 aromatic carbocycles. The van der Waals surface area contributed by atoms with Gasteiger partial charge in [-0.25, -0.2) is 4.98 Å². The van der Waals surface area contributed by atoms with Gasteiger partial charge in [0.05, 0.1) is 13.5 Å². The first-order valence-electron chi connectivity index (χ1n) is 12.2. The number of carbonyl (C=O) groups excluding carboxylic acids is 3. The number of benzene rings is 2. The van der Waals surface area contributed by atoms with Crippen LogP contribution in [0, 0.1) is 0 Å². The van der Waals surface area contributed by atoms with E-state index in [9.17, 15) is 14.4 Å². The number of ether oxygens (including phenoxy) is 2. The first kappa shape index (κ1) is 26.9. The molecule has 196 valence electrons. The van der Waals surface area contributed by atoms with Gasteiger partial charge in [-0.2, -0.15) is 0 Å². The molecular formula is C29H28ClN3O5. The van der Waals surface area contributed by atoms with Crippen molar-refractivity contribution >= 4 is 35.0 Å². The van der Waals surface area contributed by atoms with Gasteiger partial charge in [-0.15, -0.1) is 0 Å². The largest absolute Gasteiger partial charge is 0.486 e. The Balaban J connectivity index is 1.48. The Morgan fingerprint density at radius 3 is 2.50 bits per heavy atom. The molecule has 38 heavy (non-hydrogen) atoms. The van der Waals surface area contributed by atoms with Crippen molar-refractivity contribution in [3.63, 3.8) is 0 Å². The van der Waals surface area contributed by atoms with Crippen LogP contribution in [0.25, 0.3) is 5.57 Å². The van der Waals surface area contributed by atoms with Crippen molar-refractivity contribution in [1.29, 1.82) is 0 Å². The van der Waals surface area contributed by atoms with Crippen LogP contribution in [0.1, 0.15) is 33.6 Å². The molecule has 0 spiro atoms. The maximum atomic E-state index is 12.8. The molecule has 0 saturated carbocycles. The molecule has 0 unspecified atom stereocenters. The zero-order valence-electron chi connectivity index (χ0n) is 21.0. The van der Waals surface area contributed by atoms with E-state index in [1.807, 2.05) is 53.4 Å². The van der Waals surface area contributed by atoms with Crippen LogP contribution >= 0.6 is 11.6 Å². The minimum absolute atomic E-state index is 0.0465. The van der Waals surface area contributed by atoms with Crippen LogP contribution in [-0.4, -0.2) is 54.4 Å². The summed E-state index contributed by atoms with van der Waals surface area (Å²) in [4.78, 5) is 43.2. The molecule has 4 rings (SSSR count). The maximum Gasteiger partial charge on any atom is 0.325 e. The van der Waals surface area contributed by atoms with Crippen molar-refractivity contribution in [3.05, 3.63) is 100 Å². The summed E-state index contributed by atoms with van der Waals surface area (Å²) in [7, 11) is 1.25. The van der Waals surface area contributed by atoms with Crippen molar-refractivity contribution in [2.45, 2.75) is 19.4 Å². The highest BCUT2D eigenvalue weighted by molar-refractivity contribution is 6.30. The van der Waals surface area contributed by atoms with E-state index in [2.05, 4.69) is 15.0 Å². The zero-order valence-corrected chi connectivity index (χ0v) is 21.7. The highest BCUT2D eigenvalue weighted by Crippen LogP contribution is 2.28. The molecule has 0 bridgehead atoms. The van der Waals surface area contributed by atoms with E-state index < -0.39 is 11.9 Å². The summed E-state index contributed by atoms with van der Waals surface area (Å²) < 4.78 is 10.6. The van der Waals surface area contributed by atoms with E-state index >= 15 is 0 Å². The lowest BCUT2D eigenvalue weighted by Crippen LogP contribution is -2.35. The number of hydrogen-bond acceptors (Lipinski definition) is 6. The van der Waals surface area contributed by atoms with Gasteiger partial charge in [-0.1, -0.05) is 60.1 Å². The van der Waals surface area contributed by atoms with Gasteiger partial charge in [0, 0.05) is 24.3 Å². The molecule has 0 atom stereocenters. The quantitative estimate of drug-likeness (QED) is 0.416. The van der Waals surface area contributed by atoms with Crippen molar-refractivity contribution in [2.24, 2.45) is 0 Å². The van der Waals surface area contributed by atoms with Gasteiger partial charge in [0.25, 0.3) is 5.91 Å². The minimum atomic E-state index is -0.566. The van der Waals surface area contributed by atoms with Crippen molar-refractivity contribution in [1.82, 2.24) is 15.2 Å². The van der Waals surface area contributed by atoms with E-state index in [1.54, 1.807) is 24.4 Å². The third-order valence-electron chi connectivity index (χ3n) is 6.13. The monoisotopic (exact) mass is 533 g/mol. The number of rotatable bonds is 9. The van der Waals surface area contributed by atoms with Crippen LogP contribution in [0.5, 0.6) is 5.75 Å². The summed E-state index contributed by atoms with van der Waals surface area (Å²) >= 11 is 5.94. The maximum absolute atomic E-state index is 12.8. The second kappa shape index (κ2) is 12.9. The van der Waals surface area contributed by atoms with Gasteiger partial charge in [-0.05, 0) is 46.9 Å². The fourth-order valence-corrected chi connectivity index (χ4v) is 4.12. The van der Waals surface area contributed by atoms with Gasteiger partial charge in [0.2, 0.25) is 5.91 Å². The molecule has 1 aromatic heterocycles. The second-order valence-electron chi connectivity index (χ2n) is 8.73. The number of nitrogens with zero attached hydrogens (tertiary/aromatic N) is 2. The van der Waals surface area contributed by atoms with E-state index in [-0.39, 0.29) is 24.8 Å². The predicted octanol–water partition coefficient (Wildman–Crippen LogP) is 4.08. The minimum Gasteiger partial charge on any atom is -0.486 e. The fourth-order valence-electron chi connectivity index (χ4n) is 3.99. The van der Waals surface area contributed by atoms with E-state index in [0.29, 0.717) is 36.7 Å². The molecule has 9 heteroatoms. The van der Waals surface area contributed by atoms with Gasteiger partial charge in [0.1, 0.15) is 13.2 Å². The lowest BCUT2D eigenvalue weighted by Gasteiger charge is -2.27. The number of methoxy groups -OCH3 is 1. The molecule has 0 fully saturated rings. The second-order valence-corrected chi connectivity index (χ2v) is 9.16. The van der Waals surface area contributed by atoms with Crippen LogP contribution in [-0.2, 0) is 27.4 Å². The number of esters is 1. The lowest BCUT2D eigenvalue weighted by atomic mass is 10.00. The topological polar surface area (TPSA) is 97.8 Å². The summed E-state index contributed by atoms with van der Waals surface area (Å²) in [6.07, 6.45) is 4.56. The van der Waals surface area contributed by atoms with Crippen molar-refractivity contribution in [2.75, 3.05) is 26.7 Å². The average Bonchev–Trinajstić information content (AvgIpc) is 2.96. The van der Waals surface area contributed by atoms with Gasteiger partial charge >= 0.3 is 5.97 Å². The molecule has 1 aliphatic rings. The lowest BCUT2D eigenvalue weighted by molar-refractivity contribution is -0.139. The molecule has 1 N–H and O–H groups in total. The van der Waals surface area contributed by atoms with Crippen LogP contribution < -0.4 is 10.1 Å². The highest BCUT2D eigenvalue weighted by atomic mass is 35.5. The molecule has 1 aliphatic heterocycles. The molecular weight excluding hydrogens is 506 g/mol. The molecule has 2 amide bonds. The van der Waals surface area contributed by atoms with E-state index in [4.69, 9.17) is 16.3 Å². The number of amides is 2. The number of aromatic nitrogens is 1. The van der Waals surface area contributed by atoms with Crippen LogP contribution in [0.2, 0.25) is 5.02 Å². The Labute approximate surface area is 226 Å². The third kappa shape index (κ3) is 7.20. The van der Waals surface area contributed by atoms with Crippen LogP contribution in [0.3, 0.4) is 0 Å². The van der Waals surface area contributed by atoms with Gasteiger partial charge < -0.3 is 19.7 Å². The third-order valence-corrected chi connectivity index (χ3v) is 6.38. The number of carbonyl (C=O) groups is 3. The Bertz CT molecular complexity index is 1330. The van der Waals surface area contributed by atoms with Gasteiger partial charge in [0.15, 0.2) is 11.4 Å². The molecule has 8 nitrogen and oxygen atoms in total. The molecule has 0 saturated heterocycles. The summed E-state index contributed by atoms with van der Waals surface area (Å²) in [5.74, 6) is -0.757. The van der Waals surface area contributed by atoms with Crippen molar-refractivity contribution in [3.8, 4) is 5.75 Å². The Hall–Kier alpha value is -4.17. The van der Waals surface area contributed by atoms with Gasteiger partial charge in [-0.3, -0.25) is 14.4 Å². The Kier molecular flexibility index (Phi) is 9.11. The average molecular weight is 534 g/mol. The first-order valence-corrected chi connectivity index (χ1v) is 12.5. The molecule has 2 heterocycles. The zero-order chi connectivity index (χ0) is 26.9. The smallest absolute Gasteiger partial charge is 0.325 e. The molecule has 3 aromatic rings. The van der Waals surface area contributed by atoms with Crippen molar-refractivity contribution < 1.29 is 23.9 Å². The summed E-state index contributed by atoms with van der Waals surface area (Å²) in [5, 5.41) is 3.14. The molecule has 0 radical (unpaired) electrons. The summed E-state index contributed by atoms with van der Waals surface area (Å²) in [5.41, 5.74) is 3.75. The molecule has 0 aliphatic carbocycles. The Morgan fingerprint density at radius 1 is 1.05 bits per heavy atom. The van der Waals surface area contributed by atoms with E-state index in [1.165, 1.54) is 7.11 Å². The fraction of sp³-hybridized carbons (Fsp3) is 0.241. The highest BCUT2D eigenvalue weighted by Gasteiger charge is 2.21. The summed E-state index contributed by atoms with van der Waals surface area (Å²) in [6.45, 7) is 1.01. The standard InChI is InChI=1S/C29H28ClN3O5/c1-37-27(35)18-32-29(36)28-25(38-19-21-5-3-2-4-6-21)16-23(17-31-28)22-11-13-33(14-12-22)26(34)15-20-7-9-24(30)10-8-20/h2-11,16-17H,12-15,18-19H2,1H3,(H,32,36). The predicted molar refractivity (Wildman–Crippen MR) is 144 cm³/mol. The Morgan fingerprint density at radius 2 is 1.82 bits per heavy atom. The van der Waals surface area contributed by atoms with Crippen LogP contribution in [0.4, 0.5) is 0 Å². The number of pyridine rings is 1. The number of nitrogens with one attached hydrogen (secondary N) is 1. The van der Waals surface area contributed by atoms with E-state index in [0.717, 1.165) is 22.3 Å². The van der Waals surface area contributed by atoms with Crippen LogP contribution in [0.15, 0.2) is 72.9 Å². The number of halogens is 1. The normalized spacial score (nSPS) is 12.9.